The van der Waals surface area contributed by atoms with Gasteiger partial charge in [0.15, 0.2) is 0 Å². The molecule has 3 aliphatic rings. The van der Waals surface area contributed by atoms with Gasteiger partial charge >= 0.3 is 0 Å². The zero-order chi connectivity index (χ0) is 8.84. The van der Waals surface area contributed by atoms with Crippen molar-refractivity contribution in [3.63, 3.8) is 0 Å². The van der Waals surface area contributed by atoms with E-state index in [2.05, 4.69) is 11.8 Å². The number of likely N-dealkylation sites (tertiary alicyclic amines) is 1. The van der Waals surface area contributed by atoms with E-state index in [9.17, 15) is 0 Å². The fourth-order valence-corrected chi connectivity index (χ4v) is 3.93. The Hall–Kier alpha value is -0.0400. The Balaban J connectivity index is 1.66. The molecule has 0 radical (unpaired) electrons. The van der Waals surface area contributed by atoms with Crippen LogP contribution in [0.15, 0.2) is 0 Å². The van der Waals surface area contributed by atoms with Crippen molar-refractivity contribution in [1.82, 2.24) is 4.90 Å². The van der Waals surface area contributed by atoms with Crippen molar-refractivity contribution in [2.75, 3.05) is 13.1 Å². The van der Waals surface area contributed by atoms with Crippen LogP contribution >= 0.6 is 0 Å². The molecule has 0 amide bonds. The monoisotopic (exact) mass is 179 g/mol. The van der Waals surface area contributed by atoms with E-state index < -0.39 is 0 Å². The molecule has 3 rings (SSSR count). The van der Waals surface area contributed by atoms with Crippen LogP contribution < -0.4 is 0 Å². The molecule has 1 saturated heterocycles. The molecular weight excluding hydrogens is 158 g/mol. The third-order valence-electron chi connectivity index (χ3n) is 4.63. The fourth-order valence-electron chi connectivity index (χ4n) is 3.93. The highest BCUT2D eigenvalue weighted by molar-refractivity contribution is 4.96. The molecular formula is C12H21N. The van der Waals surface area contributed by atoms with Crippen LogP contribution in [-0.4, -0.2) is 24.0 Å². The van der Waals surface area contributed by atoms with E-state index in [4.69, 9.17) is 0 Å². The summed E-state index contributed by atoms with van der Waals surface area (Å²) >= 11 is 0. The van der Waals surface area contributed by atoms with Gasteiger partial charge < -0.3 is 0 Å². The summed E-state index contributed by atoms with van der Waals surface area (Å²) in [7, 11) is 0. The average molecular weight is 179 g/mol. The molecule has 13 heavy (non-hydrogen) atoms. The summed E-state index contributed by atoms with van der Waals surface area (Å²) in [5, 5.41) is 0. The van der Waals surface area contributed by atoms with E-state index in [1.54, 1.807) is 19.3 Å². The molecule has 1 aliphatic heterocycles. The molecule has 2 bridgehead atoms. The Labute approximate surface area is 81.5 Å². The number of fused-ring (bicyclic) bond motifs is 2. The van der Waals surface area contributed by atoms with Crippen LogP contribution in [0.4, 0.5) is 0 Å². The predicted octanol–water partition coefficient (Wildman–Crippen LogP) is 2.52. The van der Waals surface area contributed by atoms with Gasteiger partial charge in [-0.15, -0.1) is 0 Å². The van der Waals surface area contributed by atoms with Crippen LogP contribution in [0.1, 0.15) is 39.0 Å². The van der Waals surface area contributed by atoms with Gasteiger partial charge in [0.25, 0.3) is 0 Å². The highest BCUT2D eigenvalue weighted by Crippen LogP contribution is 2.47. The van der Waals surface area contributed by atoms with Crippen LogP contribution in [0.25, 0.3) is 0 Å². The minimum Gasteiger partial charge on any atom is -0.300 e. The minimum atomic E-state index is 0.971. The zero-order valence-electron chi connectivity index (χ0n) is 8.71. The van der Waals surface area contributed by atoms with Crippen molar-refractivity contribution < 1.29 is 0 Å². The second kappa shape index (κ2) is 2.98. The largest absolute Gasteiger partial charge is 0.300 e. The van der Waals surface area contributed by atoms with Gasteiger partial charge in [-0.25, -0.2) is 0 Å². The van der Waals surface area contributed by atoms with E-state index in [-0.39, 0.29) is 0 Å². The van der Waals surface area contributed by atoms with Gasteiger partial charge in [-0.3, -0.25) is 4.90 Å². The molecule has 0 aromatic heterocycles. The van der Waals surface area contributed by atoms with Gasteiger partial charge in [-0.1, -0.05) is 13.3 Å². The maximum atomic E-state index is 2.80. The average Bonchev–Trinajstić information content (AvgIpc) is 2.77. The van der Waals surface area contributed by atoms with Crippen LogP contribution in [0.3, 0.4) is 0 Å². The summed E-state index contributed by atoms with van der Waals surface area (Å²) in [5.74, 6) is 3.18. The molecule has 3 fully saturated rings. The smallest absolute Gasteiger partial charge is 0.0126 e. The first kappa shape index (κ1) is 8.28. The third kappa shape index (κ3) is 1.32. The molecule has 0 aromatic rings. The second-order valence-corrected chi connectivity index (χ2v) is 5.63. The normalized spacial score (nSPS) is 50.5. The van der Waals surface area contributed by atoms with Crippen molar-refractivity contribution in [2.45, 2.75) is 45.1 Å². The fraction of sp³-hybridized carbons (Fsp3) is 1.00. The van der Waals surface area contributed by atoms with Crippen molar-refractivity contribution in [2.24, 2.45) is 17.8 Å². The Morgan fingerprint density at radius 3 is 2.54 bits per heavy atom. The Morgan fingerprint density at radius 1 is 1.08 bits per heavy atom. The first-order valence-corrected chi connectivity index (χ1v) is 6.07. The van der Waals surface area contributed by atoms with Gasteiger partial charge in [0.1, 0.15) is 0 Å². The SMILES string of the molecule is CC1CCN(C2CC3CCC2C3)C1. The Morgan fingerprint density at radius 2 is 2.00 bits per heavy atom. The summed E-state index contributed by atoms with van der Waals surface area (Å²) in [6, 6.07) is 1.00. The van der Waals surface area contributed by atoms with E-state index >= 15 is 0 Å². The predicted molar refractivity (Wildman–Crippen MR) is 54.6 cm³/mol. The summed E-state index contributed by atoms with van der Waals surface area (Å²) < 4.78 is 0. The minimum absolute atomic E-state index is 0.971. The molecule has 0 spiro atoms. The van der Waals surface area contributed by atoms with Gasteiger partial charge in [0.2, 0.25) is 0 Å². The molecule has 74 valence electrons. The number of hydrogen-bond acceptors (Lipinski definition) is 1. The number of nitrogens with zero attached hydrogens (tertiary/aromatic N) is 1. The number of rotatable bonds is 1. The summed E-state index contributed by atoms with van der Waals surface area (Å²) in [6.07, 6.45) is 7.64. The van der Waals surface area contributed by atoms with Gasteiger partial charge in [-0.2, -0.15) is 0 Å². The highest BCUT2D eigenvalue weighted by Gasteiger charge is 2.43. The topological polar surface area (TPSA) is 3.24 Å². The van der Waals surface area contributed by atoms with Crippen LogP contribution in [0, 0.1) is 17.8 Å². The molecule has 1 nitrogen and oxygen atoms in total. The quantitative estimate of drug-likeness (QED) is 0.598. The van der Waals surface area contributed by atoms with Crippen molar-refractivity contribution in [1.29, 1.82) is 0 Å². The van der Waals surface area contributed by atoms with E-state index in [1.807, 2.05) is 0 Å². The summed E-state index contributed by atoms with van der Waals surface area (Å²) in [5.41, 5.74) is 0. The van der Waals surface area contributed by atoms with E-state index in [0.29, 0.717) is 0 Å². The molecule has 0 N–H and O–H groups in total. The van der Waals surface area contributed by atoms with E-state index in [0.717, 1.165) is 23.8 Å². The lowest BCUT2D eigenvalue weighted by molar-refractivity contribution is 0.171. The lowest BCUT2D eigenvalue weighted by Crippen LogP contribution is -2.37. The van der Waals surface area contributed by atoms with Gasteiger partial charge in [0.05, 0.1) is 0 Å². The zero-order valence-corrected chi connectivity index (χ0v) is 8.71. The second-order valence-electron chi connectivity index (χ2n) is 5.63. The van der Waals surface area contributed by atoms with Crippen molar-refractivity contribution in [3.8, 4) is 0 Å². The van der Waals surface area contributed by atoms with Gasteiger partial charge in [-0.05, 0) is 50.0 Å². The van der Waals surface area contributed by atoms with Crippen LogP contribution in [-0.2, 0) is 0 Å². The Bertz CT molecular complexity index is 201. The maximum absolute atomic E-state index is 2.80. The molecule has 1 heterocycles. The van der Waals surface area contributed by atoms with Crippen LogP contribution in [0.2, 0.25) is 0 Å². The molecule has 2 aliphatic carbocycles. The first-order valence-electron chi connectivity index (χ1n) is 6.07. The third-order valence-corrected chi connectivity index (χ3v) is 4.63. The standard InChI is InChI=1S/C12H21N/c1-9-4-5-13(8-9)12-7-10-2-3-11(12)6-10/h9-12H,2-8H2,1H3. The lowest BCUT2D eigenvalue weighted by Gasteiger charge is -2.31. The molecule has 1 heteroatoms. The van der Waals surface area contributed by atoms with Crippen LogP contribution in [0.5, 0.6) is 0 Å². The van der Waals surface area contributed by atoms with Crippen molar-refractivity contribution >= 4 is 0 Å². The maximum Gasteiger partial charge on any atom is 0.0126 e. The first-order chi connectivity index (χ1) is 6.33. The highest BCUT2D eigenvalue weighted by atomic mass is 15.2. The summed E-state index contributed by atoms with van der Waals surface area (Å²) in [4.78, 5) is 2.80. The lowest BCUT2D eigenvalue weighted by atomic mass is 9.94. The molecule has 4 atom stereocenters. The number of hydrogen-bond donors (Lipinski definition) is 0. The molecule has 4 unspecified atom stereocenters. The molecule has 0 aromatic carbocycles. The Kier molecular flexibility index (Phi) is 1.90. The summed E-state index contributed by atoms with van der Waals surface area (Å²) in [6.45, 7) is 5.20. The van der Waals surface area contributed by atoms with Crippen molar-refractivity contribution in [3.05, 3.63) is 0 Å². The molecule has 2 saturated carbocycles. The van der Waals surface area contributed by atoms with Gasteiger partial charge in [0, 0.05) is 12.6 Å². The van der Waals surface area contributed by atoms with E-state index in [1.165, 1.54) is 25.9 Å².